The zero-order valence-corrected chi connectivity index (χ0v) is 20.1. The molecule has 4 rings (SSSR count). The molecule has 1 fully saturated rings. The van der Waals surface area contributed by atoms with Crippen molar-refractivity contribution in [3.8, 4) is 0 Å². The standard InChI is InChI=1S/C24H30N4O4S/c1-4-17-9-5-6-10-19(17)25-23(29)16-28-22-15-18(33(31,32)26(2)3)12-13-20(22)27-14-8-7-11-21(27)24(28)30/h5-6,9-10,12-13,15,21H,4,7-8,11,14,16H2,1-3H3,(H,25,29)/t21-/m1/s1. The van der Waals surface area contributed by atoms with Crippen molar-refractivity contribution in [3.05, 3.63) is 48.0 Å². The average molecular weight is 471 g/mol. The number of nitrogens with one attached hydrogen (secondary N) is 1. The van der Waals surface area contributed by atoms with E-state index in [9.17, 15) is 18.0 Å². The summed E-state index contributed by atoms with van der Waals surface area (Å²) in [4.78, 5) is 30.1. The molecule has 1 N–H and O–H groups in total. The molecule has 0 saturated carbocycles. The molecule has 2 amide bonds. The Labute approximate surface area is 195 Å². The monoisotopic (exact) mass is 470 g/mol. The Balaban J connectivity index is 1.71. The molecule has 33 heavy (non-hydrogen) atoms. The molecule has 2 heterocycles. The maximum Gasteiger partial charge on any atom is 0.250 e. The Hall–Kier alpha value is -2.91. The third kappa shape index (κ3) is 4.35. The van der Waals surface area contributed by atoms with Crippen molar-refractivity contribution < 1.29 is 18.0 Å². The summed E-state index contributed by atoms with van der Waals surface area (Å²) in [6.07, 6.45) is 3.39. The van der Waals surface area contributed by atoms with E-state index in [1.165, 1.54) is 25.1 Å². The van der Waals surface area contributed by atoms with Crippen LogP contribution in [0.4, 0.5) is 17.1 Å². The fourth-order valence-electron chi connectivity index (χ4n) is 4.56. The Kier molecular flexibility index (Phi) is 6.45. The number of carbonyl (C=O) groups is 2. The van der Waals surface area contributed by atoms with E-state index in [0.29, 0.717) is 12.1 Å². The van der Waals surface area contributed by atoms with Gasteiger partial charge in [-0.3, -0.25) is 14.5 Å². The second kappa shape index (κ2) is 9.15. The lowest BCUT2D eigenvalue weighted by Gasteiger charge is -2.45. The van der Waals surface area contributed by atoms with E-state index in [1.807, 2.05) is 36.1 Å². The summed E-state index contributed by atoms with van der Waals surface area (Å²) in [5.41, 5.74) is 2.98. The molecule has 0 unspecified atom stereocenters. The molecule has 176 valence electrons. The van der Waals surface area contributed by atoms with Gasteiger partial charge in [0.1, 0.15) is 12.6 Å². The molecule has 2 aromatic carbocycles. The Bertz CT molecular complexity index is 1180. The van der Waals surface area contributed by atoms with Crippen molar-refractivity contribution >= 4 is 38.9 Å². The van der Waals surface area contributed by atoms with Gasteiger partial charge in [0, 0.05) is 26.3 Å². The molecular weight excluding hydrogens is 440 g/mol. The van der Waals surface area contributed by atoms with Gasteiger partial charge >= 0.3 is 0 Å². The van der Waals surface area contributed by atoms with Crippen LogP contribution in [0.15, 0.2) is 47.4 Å². The Morgan fingerprint density at radius 3 is 2.61 bits per heavy atom. The van der Waals surface area contributed by atoms with Crippen LogP contribution in [0.2, 0.25) is 0 Å². The van der Waals surface area contributed by atoms with Crippen LogP contribution in [0.3, 0.4) is 0 Å². The quantitative estimate of drug-likeness (QED) is 0.701. The van der Waals surface area contributed by atoms with Crippen LogP contribution >= 0.6 is 0 Å². The SMILES string of the molecule is CCc1ccccc1NC(=O)CN1C(=O)[C@H]2CCCCN2c2ccc(S(=O)(=O)N(C)C)cc21. The number of para-hydroxylation sites is 1. The van der Waals surface area contributed by atoms with E-state index in [1.54, 1.807) is 12.1 Å². The summed E-state index contributed by atoms with van der Waals surface area (Å²) in [6, 6.07) is 12.1. The van der Waals surface area contributed by atoms with Gasteiger partial charge < -0.3 is 10.2 Å². The van der Waals surface area contributed by atoms with Crippen molar-refractivity contribution in [2.75, 3.05) is 42.3 Å². The van der Waals surface area contributed by atoms with Crippen LogP contribution in [0, 0.1) is 0 Å². The highest BCUT2D eigenvalue weighted by atomic mass is 32.2. The number of sulfonamides is 1. The van der Waals surface area contributed by atoms with Gasteiger partial charge in [0.25, 0.3) is 0 Å². The van der Waals surface area contributed by atoms with E-state index in [2.05, 4.69) is 5.32 Å². The lowest BCUT2D eigenvalue weighted by Crippen LogP contribution is -2.56. The number of amides is 2. The zero-order valence-electron chi connectivity index (χ0n) is 19.2. The number of anilines is 3. The average Bonchev–Trinajstić information content (AvgIpc) is 2.81. The highest BCUT2D eigenvalue weighted by Crippen LogP contribution is 2.40. The smallest absolute Gasteiger partial charge is 0.250 e. The second-order valence-electron chi connectivity index (χ2n) is 8.63. The predicted molar refractivity (Wildman–Crippen MR) is 129 cm³/mol. The first-order valence-electron chi connectivity index (χ1n) is 11.3. The molecular formula is C24H30N4O4S. The molecule has 0 aromatic heterocycles. The fraction of sp³-hybridized carbons (Fsp3) is 0.417. The molecule has 0 bridgehead atoms. The third-order valence-corrected chi connectivity index (χ3v) is 8.16. The summed E-state index contributed by atoms with van der Waals surface area (Å²) in [5.74, 6) is -0.485. The molecule has 2 aliphatic rings. The van der Waals surface area contributed by atoms with E-state index < -0.39 is 10.0 Å². The Morgan fingerprint density at radius 1 is 1.12 bits per heavy atom. The molecule has 2 aromatic rings. The number of rotatable bonds is 6. The maximum absolute atomic E-state index is 13.5. The first kappa shape index (κ1) is 23.3. The summed E-state index contributed by atoms with van der Waals surface area (Å²) in [6.45, 7) is 2.56. The first-order chi connectivity index (χ1) is 15.7. The lowest BCUT2D eigenvalue weighted by atomic mass is 9.96. The van der Waals surface area contributed by atoms with E-state index >= 15 is 0 Å². The minimum Gasteiger partial charge on any atom is -0.358 e. The molecule has 9 heteroatoms. The minimum atomic E-state index is -3.69. The van der Waals surface area contributed by atoms with Gasteiger partial charge in [0.05, 0.1) is 16.3 Å². The molecule has 0 radical (unpaired) electrons. The van der Waals surface area contributed by atoms with Crippen LogP contribution in [0.5, 0.6) is 0 Å². The normalized spacial score (nSPS) is 18.2. The van der Waals surface area contributed by atoms with E-state index in [-0.39, 0.29) is 29.3 Å². The van der Waals surface area contributed by atoms with Crippen molar-refractivity contribution in [2.24, 2.45) is 0 Å². The van der Waals surface area contributed by atoms with Crippen molar-refractivity contribution in [1.82, 2.24) is 4.31 Å². The molecule has 8 nitrogen and oxygen atoms in total. The van der Waals surface area contributed by atoms with Gasteiger partial charge in [0.2, 0.25) is 21.8 Å². The second-order valence-corrected chi connectivity index (χ2v) is 10.8. The summed E-state index contributed by atoms with van der Waals surface area (Å²) in [7, 11) is -0.752. The van der Waals surface area contributed by atoms with E-state index in [4.69, 9.17) is 0 Å². The number of benzene rings is 2. The van der Waals surface area contributed by atoms with Crippen LogP contribution in [0.25, 0.3) is 0 Å². The molecule has 2 aliphatic heterocycles. The highest BCUT2D eigenvalue weighted by Gasteiger charge is 2.40. The van der Waals surface area contributed by atoms with Gasteiger partial charge in [-0.15, -0.1) is 0 Å². The largest absolute Gasteiger partial charge is 0.358 e. The molecule has 0 aliphatic carbocycles. The van der Waals surface area contributed by atoms with Crippen molar-refractivity contribution in [3.63, 3.8) is 0 Å². The van der Waals surface area contributed by atoms with Gasteiger partial charge in [0.15, 0.2) is 0 Å². The summed E-state index contributed by atoms with van der Waals surface area (Å²) >= 11 is 0. The number of piperidine rings is 1. The number of nitrogens with zero attached hydrogens (tertiary/aromatic N) is 3. The van der Waals surface area contributed by atoms with Gasteiger partial charge in [-0.05, 0) is 55.5 Å². The fourth-order valence-corrected chi connectivity index (χ4v) is 5.48. The van der Waals surface area contributed by atoms with E-state index in [0.717, 1.165) is 47.1 Å². The Morgan fingerprint density at radius 2 is 1.88 bits per heavy atom. The van der Waals surface area contributed by atoms with Crippen molar-refractivity contribution in [1.29, 1.82) is 0 Å². The minimum absolute atomic E-state index is 0.0937. The topological polar surface area (TPSA) is 90.0 Å². The van der Waals surface area contributed by atoms with Crippen LogP contribution < -0.4 is 15.1 Å². The first-order valence-corrected chi connectivity index (χ1v) is 12.7. The zero-order chi connectivity index (χ0) is 23.8. The van der Waals surface area contributed by atoms with Crippen molar-refractivity contribution in [2.45, 2.75) is 43.5 Å². The third-order valence-electron chi connectivity index (χ3n) is 6.35. The van der Waals surface area contributed by atoms with Crippen LogP contribution in [0.1, 0.15) is 31.7 Å². The predicted octanol–water partition coefficient (Wildman–Crippen LogP) is 2.84. The molecule has 0 spiro atoms. The lowest BCUT2D eigenvalue weighted by molar-refractivity contribution is -0.123. The van der Waals surface area contributed by atoms with Gasteiger partial charge in [-0.1, -0.05) is 25.1 Å². The number of fused-ring (bicyclic) bond motifs is 3. The van der Waals surface area contributed by atoms with Crippen LogP contribution in [-0.2, 0) is 26.0 Å². The number of hydrogen-bond acceptors (Lipinski definition) is 5. The number of aryl methyl sites for hydroxylation is 1. The number of hydrogen-bond donors (Lipinski definition) is 1. The maximum atomic E-state index is 13.5. The highest BCUT2D eigenvalue weighted by molar-refractivity contribution is 7.89. The molecule has 1 saturated heterocycles. The summed E-state index contributed by atoms with van der Waals surface area (Å²) in [5, 5.41) is 2.92. The molecule has 1 atom stereocenters. The summed E-state index contributed by atoms with van der Waals surface area (Å²) < 4.78 is 26.6. The van der Waals surface area contributed by atoms with Crippen LogP contribution in [-0.4, -0.2) is 57.8 Å². The van der Waals surface area contributed by atoms with Gasteiger partial charge in [-0.2, -0.15) is 0 Å². The number of carbonyl (C=O) groups excluding carboxylic acids is 2. The van der Waals surface area contributed by atoms with Gasteiger partial charge in [-0.25, -0.2) is 12.7 Å².